The lowest BCUT2D eigenvalue weighted by molar-refractivity contribution is -0.142. The Bertz CT molecular complexity index is 1270. The fraction of sp³-hybridized carbons (Fsp3) is 0.409. The number of carbonyl (C=O) groups excluding carboxylic acids is 1. The van der Waals surface area contributed by atoms with Crippen molar-refractivity contribution >= 4 is 11.4 Å². The molecule has 2 aliphatic heterocycles. The van der Waals surface area contributed by atoms with Crippen LogP contribution in [-0.4, -0.2) is 63.5 Å². The SMILES string of the molecule is COc1cc(-c2cnn(C3CCN(C(=O)C4(C#N)CNC4)CC3)c2)cn2ncc(C#N)c12. The molecule has 0 saturated carbocycles. The molecule has 0 radical (unpaired) electrons. The van der Waals surface area contributed by atoms with Crippen LogP contribution in [0.5, 0.6) is 5.75 Å². The lowest BCUT2D eigenvalue weighted by Crippen LogP contribution is -2.62. The highest BCUT2D eigenvalue weighted by atomic mass is 16.5. The predicted molar refractivity (Wildman–Crippen MR) is 113 cm³/mol. The number of hydrogen-bond acceptors (Lipinski definition) is 7. The first kappa shape index (κ1) is 20.0. The molecule has 10 heteroatoms. The van der Waals surface area contributed by atoms with Crippen molar-refractivity contribution in [2.45, 2.75) is 18.9 Å². The van der Waals surface area contributed by atoms with E-state index >= 15 is 0 Å². The van der Waals surface area contributed by atoms with E-state index < -0.39 is 5.41 Å². The van der Waals surface area contributed by atoms with Crippen molar-refractivity contribution in [3.63, 3.8) is 0 Å². The van der Waals surface area contributed by atoms with Gasteiger partial charge in [0.2, 0.25) is 5.91 Å². The zero-order valence-corrected chi connectivity index (χ0v) is 17.7. The van der Waals surface area contributed by atoms with Crippen molar-refractivity contribution in [2.75, 3.05) is 33.3 Å². The number of carbonyl (C=O) groups is 1. The lowest BCUT2D eigenvalue weighted by atomic mass is 9.81. The van der Waals surface area contributed by atoms with E-state index in [0.717, 1.165) is 24.0 Å². The number of aromatic nitrogens is 4. The van der Waals surface area contributed by atoms with Crippen LogP contribution in [0.1, 0.15) is 24.4 Å². The average molecular weight is 430 g/mol. The highest BCUT2D eigenvalue weighted by molar-refractivity contribution is 5.87. The molecule has 10 nitrogen and oxygen atoms in total. The number of amides is 1. The summed E-state index contributed by atoms with van der Waals surface area (Å²) in [6, 6.07) is 6.40. The molecule has 3 aromatic rings. The largest absolute Gasteiger partial charge is 0.494 e. The molecular formula is C22H22N8O2. The Morgan fingerprint density at radius 1 is 1.19 bits per heavy atom. The molecule has 0 unspecified atom stereocenters. The molecule has 0 bridgehead atoms. The first-order valence-corrected chi connectivity index (χ1v) is 10.5. The molecule has 2 aliphatic rings. The summed E-state index contributed by atoms with van der Waals surface area (Å²) in [5.74, 6) is 0.516. The fourth-order valence-corrected chi connectivity index (χ4v) is 4.46. The van der Waals surface area contributed by atoms with Crippen LogP contribution in [0.15, 0.2) is 30.9 Å². The molecule has 1 amide bonds. The number of rotatable bonds is 4. The first-order chi connectivity index (χ1) is 15.6. The summed E-state index contributed by atoms with van der Waals surface area (Å²) in [6.07, 6.45) is 8.75. The van der Waals surface area contributed by atoms with Crippen LogP contribution in [0, 0.1) is 28.1 Å². The van der Waals surface area contributed by atoms with Gasteiger partial charge in [0, 0.05) is 49.7 Å². The van der Waals surface area contributed by atoms with Gasteiger partial charge in [-0.05, 0) is 18.9 Å². The van der Waals surface area contributed by atoms with Gasteiger partial charge in [0.1, 0.15) is 22.9 Å². The van der Waals surface area contributed by atoms with Crippen LogP contribution >= 0.6 is 0 Å². The van der Waals surface area contributed by atoms with Crippen molar-refractivity contribution in [2.24, 2.45) is 5.41 Å². The van der Waals surface area contributed by atoms with Crippen molar-refractivity contribution in [3.8, 4) is 29.0 Å². The molecule has 32 heavy (non-hydrogen) atoms. The Hall–Kier alpha value is -3.89. The molecule has 162 valence electrons. The van der Waals surface area contributed by atoms with E-state index in [4.69, 9.17) is 4.74 Å². The van der Waals surface area contributed by atoms with Gasteiger partial charge in [-0.25, -0.2) is 4.52 Å². The Labute approximate surface area is 184 Å². The number of nitriles is 2. The molecule has 2 fully saturated rings. The van der Waals surface area contributed by atoms with E-state index in [1.807, 2.05) is 28.0 Å². The third-order valence-corrected chi connectivity index (χ3v) is 6.45. The molecule has 0 atom stereocenters. The molecule has 2 saturated heterocycles. The molecule has 5 rings (SSSR count). The highest BCUT2D eigenvalue weighted by Crippen LogP contribution is 2.32. The minimum Gasteiger partial charge on any atom is -0.494 e. The Morgan fingerprint density at radius 2 is 1.97 bits per heavy atom. The number of ether oxygens (including phenoxy) is 1. The topological polar surface area (TPSA) is 124 Å². The van der Waals surface area contributed by atoms with E-state index in [9.17, 15) is 15.3 Å². The van der Waals surface area contributed by atoms with Crippen molar-refractivity contribution in [1.82, 2.24) is 29.6 Å². The Morgan fingerprint density at radius 3 is 2.59 bits per heavy atom. The van der Waals surface area contributed by atoms with Crippen LogP contribution in [0.2, 0.25) is 0 Å². The van der Waals surface area contributed by atoms with Gasteiger partial charge in [0.15, 0.2) is 5.41 Å². The fourth-order valence-electron chi connectivity index (χ4n) is 4.46. The monoisotopic (exact) mass is 430 g/mol. The molecule has 0 aromatic carbocycles. The summed E-state index contributed by atoms with van der Waals surface area (Å²) in [4.78, 5) is 14.6. The van der Waals surface area contributed by atoms with Gasteiger partial charge in [0.25, 0.3) is 0 Å². The standard InChI is InChI=1S/C22H22N8O2/c1-32-19-6-15(10-30-20(19)16(7-23)8-27-30)17-9-26-29(11-17)18-2-4-28(5-3-18)21(31)22(12-24)13-25-14-22/h6,8-11,18,25H,2-5,13-14H2,1H3. The Balaban J connectivity index is 1.32. The van der Waals surface area contributed by atoms with Crippen molar-refractivity contribution < 1.29 is 9.53 Å². The number of nitrogens with one attached hydrogen (secondary N) is 1. The number of piperidine rings is 1. The second-order valence-corrected chi connectivity index (χ2v) is 8.29. The molecule has 5 heterocycles. The van der Waals surface area contributed by atoms with E-state index in [-0.39, 0.29) is 11.9 Å². The predicted octanol–water partition coefficient (Wildman–Crippen LogP) is 1.35. The summed E-state index contributed by atoms with van der Waals surface area (Å²) in [5, 5.41) is 30.6. The lowest BCUT2D eigenvalue weighted by Gasteiger charge is -2.41. The van der Waals surface area contributed by atoms with Gasteiger partial charge in [-0.3, -0.25) is 9.48 Å². The highest BCUT2D eigenvalue weighted by Gasteiger charge is 2.47. The van der Waals surface area contributed by atoms with Crippen molar-refractivity contribution in [3.05, 3.63) is 36.4 Å². The smallest absolute Gasteiger partial charge is 0.245 e. The quantitative estimate of drug-likeness (QED) is 0.662. The summed E-state index contributed by atoms with van der Waals surface area (Å²) < 4.78 is 9.09. The number of likely N-dealkylation sites (tertiary alicyclic amines) is 1. The number of nitrogens with zero attached hydrogens (tertiary/aromatic N) is 7. The van der Waals surface area contributed by atoms with Gasteiger partial charge in [-0.1, -0.05) is 0 Å². The summed E-state index contributed by atoms with van der Waals surface area (Å²) in [7, 11) is 1.57. The molecule has 0 spiro atoms. The average Bonchev–Trinajstić information content (AvgIpc) is 3.45. The van der Waals surface area contributed by atoms with Crippen LogP contribution < -0.4 is 10.1 Å². The zero-order chi connectivity index (χ0) is 22.3. The summed E-state index contributed by atoms with van der Waals surface area (Å²) in [5.41, 5.74) is 2.01. The van der Waals surface area contributed by atoms with Gasteiger partial charge in [0.05, 0.1) is 31.6 Å². The number of hydrogen-bond donors (Lipinski definition) is 1. The molecule has 0 aliphatic carbocycles. The minimum atomic E-state index is -0.888. The first-order valence-electron chi connectivity index (χ1n) is 10.5. The third kappa shape index (κ3) is 3.08. The maximum Gasteiger partial charge on any atom is 0.245 e. The minimum absolute atomic E-state index is 0.0605. The van der Waals surface area contributed by atoms with Gasteiger partial charge < -0.3 is 15.0 Å². The van der Waals surface area contributed by atoms with Crippen LogP contribution in [0.3, 0.4) is 0 Å². The number of fused-ring (bicyclic) bond motifs is 1. The van der Waals surface area contributed by atoms with E-state index in [0.29, 0.717) is 43.0 Å². The maximum absolute atomic E-state index is 12.8. The van der Waals surface area contributed by atoms with Gasteiger partial charge >= 0.3 is 0 Å². The van der Waals surface area contributed by atoms with Crippen LogP contribution in [-0.2, 0) is 4.79 Å². The zero-order valence-electron chi connectivity index (χ0n) is 17.7. The number of pyridine rings is 1. The number of methoxy groups -OCH3 is 1. The second-order valence-electron chi connectivity index (χ2n) is 8.29. The summed E-state index contributed by atoms with van der Waals surface area (Å²) >= 11 is 0. The third-order valence-electron chi connectivity index (χ3n) is 6.45. The molecule has 3 aromatic heterocycles. The van der Waals surface area contributed by atoms with Crippen molar-refractivity contribution in [1.29, 1.82) is 10.5 Å². The second kappa shape index (κ2) is 7.66. The van der Waals surface area contributed by atoms with Gasteiger partial charge in [-0.2, -0.15) is 20.7 Å². The van der Waals surface area contributed by atoms with E-state index in [1.165, 1.54) is 6.20 Å². The van der Waals surface area contributed by atoms with E-state index in [2.05, 4.69) is 27.7 Å². The van der Waals surface area contributed by atoms with Crippen LogP contribution in [0.25, 0.3) is 16.6 Å². The molecular weight excluding hydrogens is 408 g/mol. The normalized spacial score (nSPS) is 18.0. The van der Waals surface area contributed by atoms with Gasteiger partial charge in [-0.15, -0.1) is 0 Å². The van der Waals surface area contributed by atoms with Crippen LogP contribution in [0.4, 0.5) is 0 Å². The molecule has 1 N–H and O–H groups in total. The van der Waals surface area contributed by atoms with E-state index in [1.54, 1.807) is 17.8 Å². The Kier molecular flexibility index (Phi) is 4.80. The summed E-state index contributed by atoms with van der Waals surface area (Å²) in [6.45, 7) is 2.10. The maximum atomic E-state index is 12.8.